The smallest absolute Gasteiger partial charge is 0.300 e. The molecule has 1 aromatic rings. The van der Waals surface area contributed by atoms with Crippen molar-refractivity contribution in [2.75, 3.05) is 0 Å². The van der Waals surface area contributed by atoms with Gasteiger partial charge in [-0.25, -0.2) is 0 Å². The van der Waals surface area contributed by atoms with Gasteiger partial charge in [0.2, 0.25) is 0 Å². The van der Waals surface area contributed by atoms with Gasteiger partial charge in [0.15, 0.2) is 0 Å². The molecular formula is C11H8F6OS. The van der Waals surface area contributed by atoms with Crippen LogP contribution < -0.4 is 0 Å². The molecular weight excluding hydrogens is 294 g/mol. The van der Waals surface area contributed by atoms with E-state index in [1.54, 1.807) is 0 Å². The van der Waals surface area contributed by atoms with Gasteiger partial charge < -0.3 is 0 Å². The molecule has 0 atom stereocenters. The number of benzene rings is 1. The Hall–Kier alpha value is -1.18. The van der Waals surface area contributed by atoms with Gasteiger partial charge in [-0.15, -0.1) is 0 Å². The van der Waals surface area contributed by atoms with Crippen molar-refractivity contribution in [2.24, 2.45) is 0 Å². The van der Waals surface area contributed by atoms with Crippen LogP contribution in [-0.2, 0) is 17.4 Å². The van der Waals surface area contributed by atoms with Crippen molar-refractivity contribution < 1.29 is 31.1 Å². The van der Waals surface area contributed by atoms with Gasteiger partial charge in [0.25, 0.3) is 0 Å². The zero-order valence-corrected chi connectivity index (χ0v) is 10.3. The van der Waals surface area contributed by atoms with Crippen molar-refractivity contribution in [1.29, 1.82) is 0 Å². The average molecular weight is 302 g/mol. The van der Waals surface area contributed by atoms with E-state index in [2.05, 4.69) is 0 Å². The van der Waals surface area contributed by atoms with E-state index in [4.69, 9.17) is 0 Å². The van der Waals surface area contributed by atoms with Gasteiger partial charge in [-0.05, 0) is 30.3 Å². The Morgan fingerprint density at radius 1 is 1.16 bits per heavy atom. The molecule has 0 heterocycles. The summed E-state index contributed by atoms with van der Waals surface area (Å²) in [6, 6.07) is 2.64. The molecule has 1 nitrogen and oxygen atoms in total. The molecule has 0 spiro atoms. The fourth-order valence-electron chi connectivity index (χ4n) is 1.45. The number of thioether (sulfide) groups is 1. The second-order valence-corrected chi connectivity index (χ2v) is 4.79. The number of halogens is 6. The molecule has 0 aromatic heterocycles. The number of Topliss-reactive ketones (excluding diaryl/α,β-unsaturated/α-hetero) is 1. The normalized spacial score (nSPS) is 12.6. The van der Waals surface area contributed by atoms with Crippen LogP contribution in [0.25, 0.3) is 0 Å². The van der Waals surface area contributed by atoms with Crippen molar-refractivity contribution in [3.8, 4) is 0 Å². The molecule has 106 valence electrons. The Morgan fingerprint density at radius 3 is 2.16 bits per heavy atom. The lowest BCUT2D eigenvalue weighted by molar-refractivity contribution is -0.140. The van der Waals surface area contributed by atoms with E-state index in [0.29, 0.717) is 6.07 Å². The van der Waals surface area contributed by atoms with Crippen molar-refractivity contribution in [3.63, 3.8) is 0 Å². The highest BCUT2D eigenvalue weighted by molar-refractivity contribution is 8.00. The van der Waals surface area contributed by atoms with Gasteiger partial charge in [-0.1, -0.05) is 12.1 Å². The first-order valence-electron chi connectivity index (χ1n) is 4.95. The monoisotopic (exact) mass is 302 g/mol. The summed E-state index contributed by atoms with van der Waals surface area (Å²) in [6.07, 6.45) is -5.37. The van der Waals surface area contributed by atoms with E-state index in [0.717, 1.165) is 19.1 Å². The van der Waals surface area contributed by atoms with Crippen molar-refractivity contribution in [2.45, 2.75) is 29.9 Å². The molecule has 0 bridgehead atoms. The highest BCUT2D eigenvalue weighted by Crippen LogP contribution is 2.45. The Bertz CT molecular complexity index is 477. The molecule has 8 heteroatoms. The first-order valence-corrected chi connectivity index (χ1v) is 5.76. The van der Waals surface area contributed by atoms with Crippen molar-refractivity contribution >= 4 is 17.5 Å². The zero-order valence-electron chi connectivity index (χ0n) is 9.52. The summed E-state index contributed by atoms with van der Waals surface area (Å²) < 4.78 is 75.0. The average Bonchev–Trinajstić information content (AvgIpc) is 2.15. The topological polar surface area (TPSA) is 17.1 Å². The van der Waals surface area contributed by atoms with Crippen LogP contribution in [0.4, 0.5) is 26.3 Å². The van der Waals surface area contributed by atoms with Crippen LogP contribution in [0, 0.1) is 0 Å². The Balaban J connectivity index is 3.36. The summed E-state index contributed by atoms with van der Waals surface area (Å²) in [4.78, 5) is 9.96. The van der Waals surface area contributed by atoms with Crippen LogP contribution >= 0.6 is 11.8 Å². The van der Waals surface area contributed by atoms with Gasteiger partial charge in [0, 0.05) is 11.3 Å². The van der Waals surface area contributed by atoms with E-state index in [-0.39, 0.29) is 5.56 Å². The van der Waals surface area contributed by atoms with Gasteiger partial charge >= 0.3 is 11.7 Å². The fraction of sp³-hybridized carbons (Fsp3) is 0.364. The molecule has 0 N–H and O–H groups in total. The lowest BCUT2D eigenvalue weighted by atomic mass is 10.1. The fourth-order valence-corrected chi connectivity index (χ4v) is 2.25. The number of ketones is 1. The molecule has 0 fully saturated rings. The van der Waals surface area contributed by atoms with Gasteiger partial charge in [0.05, 0.1) is 5.56 Å². The maximum Gasteiger partial charge on any atom is 0.446 e. The third kappa shape index (κ3) is 4.77. The maximum absolute atomic E-state index is 12.7. The number of hydrogen-bond donors (Lipinski definition) is 0. The molecule has 0 amide bonds. The second kappa shape index (κ2) is 5.44. The number of hydrogen-bond acceptors (Lipinski definition) is 2. The third-order valence-corrected chi connectivity index (χ3v) is 2.98. The molecule has 0 aliphatic carbocycles. The molecule has 0 aliphatic rings. The number of carbonyl (C=O) groups excluding carboxylic acids is 1. The van der Waals surface area contributed by atoms with Crippen LogP contribution in [0.5, 0.6) is 0 Å². The highest BCUT2D eigenvalue weighted by atomic mass is 32.2. The molecule has 0 unspecified atom stereocenters. The molecule has 0 radical (unpaired) electrons. The van der Waals surface area contributed by atoms with Crippen LogP contribution in [0.3, 0.4) is 0 Å². The Morgan fingerprint density at radius 2 is 1.74 bits per heavy atom. The highest BCUT2D eigenvalue weighted by Gasteiger charge is 2.39. The summed E-state index contributed by atoms with van der Waals surface area (Å²) in [5.74, 6) is -0.511. The van der Waals surface area contributed by atoms with Gasteiger partial charge in [0.1, 0.15) is 5.78 Å². The quantitative estimate of drug-likeness (QED) is 0.606. The second-order valence-electron chi connectivity index (χ2n) is 3.72. The van der Waals surface area contributed by atoms with E-state index in [9.17, 15) is 31.1 Å². The summed E-state index contributed by atoms with van der Waals surface area (Å²) in [6.45, 7) is 1.10. The minimum atomic E-state index is -4.90. The molecule has 1 aromatic carbocycles. The lowest BCUT2D eigenvalue weighted by Crippen LogP contribution is -2.12. The maximum atomic E-state index is 12.7. The number of carbonyl (C=O) groups is 1. The Kier molecular flexibility index (Phi) is 4.54. The summed E-state index contributed by atoms with van der Waals surface area (Å²) in [5.41, 5.74) is -6.51. The third-order valence-electron chi connectivity index (χ3n) is 2.06. The molecule has 19 heavy (non-hydrogen) atoms. The summed E-state index contributed by atoms with van der Waals surface area (Å²) in [5, 5.41) is 0. The van der Waals surface area contributed by atoms with E-state index in [1.165, 1.54) is 0 Å². The minimum Gasteiger partial charge on any atom is -0.300 e. The van der Waals surface area contributed by atoms with Crippen LogP contribution in [-0.4, -0.2) is 11.3 Å². The summed E-state index contributed by atoms with van der Waals surface area (Å²) >= 11 is -0.849. The Labute approximate surface area is 109 Å². The van der Waals surface area contributed by atoms with Crippen LogP contribution in [0.2, 0.25) is 0 Å². The molecule has 0 aliphatic heterocycles. The predicted molar refractivity (Wildman–Crippen MR) is 57.7 cm³/mol. The van der Waals surface area contributed by atoms with E-state index < -0.39 is 46.1 Å². The molecule has 0 saturated heterocycles. The first-order chi connectivity index (χ1) is 8.50. The summed E-state index contributed by atoms with van der Waals surface area (Å²) in [7, 11) is 0. The number of rotatable bonds is 3. The lowest BCUT2D eigenvalue weighted by Gasteiger charge is -2.17. The largest absolute Gasteiger partial charge is 0.446 e. The van der Waals surface area contributed by atoms with Gasteiger partial charge in [-0.2, -0.15) is 26.3 Å². The number of alkyl halides is 6. The molecule has 1 rings (SSSR count). The van der Waals surface area contributed by atoms with Gasteiger partial charge in [-0.3, -0.25) is 4.79 Å². The SMILES string of the molecule is CC(=O)Cc1cccc(C(F)(F)F)c1SC(F)(F)F. The van der Waals surface area contributed by atoms with E-state index in [1.807, 2.05) is 0 Å². The van der Waals surface area contributed by atoms with Crippen LogP contribution in [0.1, 0.15) is 18.1 Å². The first kappa shape index (κ1) is 15.9. The van der Waals surface area contributed by atoms with Crippen LogP contribution in [0.15, 0.2) is 23.1 Å². The standard InChI is InChI=1S/C11H8F6OS/c1-6(18)5-7-3-2-4-8(10(12,13)14)9(7)19-11(15,16)17/h2-4H,5H2,1H3. The molecule has 0 saturated carbocycles. The minimum absolute atomic E-state index is 0.273. The van der Waals surface area contributed by atoms with Crippen molar-refractivity contribution in [1.82, 2.24) is 0 Å². The zero-order chi connectivity index (χ0) is 14.8. The predicted octanol–water partition coefficient (Wildman–Crippen LogP) is 4.45. The van der Waals surface area contributed by atoms with E-state index >= 15 is 0 Å². The van der Waals surface area contributed by atoms with Crippen molar-refractivity contribution in [3.05, 3.63) is 29.3 Å².